The Morgan fingerprint density at radius 1 is 1.19 bits per heavy atom. The SMILES string of the molecule is COc1ccc(CSc2nc3ccncc3n2CC(=O)N2CCCC2)cc1. The maximum atomic E-state index is 12.7. The number of hydrogen-bond acceptors (Lipinski definition) is 5. The molecule has 3 heterocycles. The van der Waals surface area contributed by atoms with Crippen LogP contribution in [0, 0.1) is 0 Å². The Kier molecular flexibility index (Phi) is 5.29. The molecule has 1 aromatic carbocycles. The van der Waals surface area contributed by atoms with Gasteiger partial charge < -0.3 is 14.2 Å². The maximum absolute atomic E-state index is 12.7. The second-order valence-electron chi connectivity index (χ2n) is 6.57. The minimum absolute atomic E-state index is 0.155. The first-order valence-electron chi connectivity index (χ1n) is 9.08. The highest BCUT2D eigenvalue weighted by Gasteiger charge is 2.21. The zero-order valence-electron chi connectivity index (χ0n) is 15.3. The summed E-state index contributed by atoms with van der Waals surface area (Å²) in [5.41, 5.74) is 2.96. The Morgan fingerprint density at radius 2 is 1.96 bits per heavy atom. The molecule has 1 saturated heterocycles. The van der Waals surface area contributed by atoms with Gasteiger partial charge in [-0.1, -0.05) is 23.9 Å². The number of amides is 1. The van der Waals surface area contributed by atoms with Crippen LogP contribution in [-0.4, -0.2) is 45.5 Å². The quantitative estimate of drug-likeness (QED) is 0.612. The highest BCUT2D eigenvalue weighted by atomic mass is 32.2. The summed E-state index contributed by atoms with van der Waals surface area (Å²) in [4.78, 5) is 23.6. The number of carbonyl (C=O) groups excluding carboxylic acids is 1. The standard InChI is InChI=1S/C20H22N4O2S/c1-26-16-6-4-15(5-7-16)14-27-20-22-17-8-9-21-12-18(17)24(20)13-19(25)23-10-2-3-11-23/h4-9,12H,2-3,10-11,13-14H2,1H3. The number of ether oxygens (including phenoxy) is 1. The van der Waals surface area contributed by atoms with Crippen LogP contribution in [0.15, 0.2) is 47.9 Å². The number of carbonyl (C=O) groups is 1. The third-order valence-electron chi connectivity index (χ3n) is 4.79. The van der Waals surface area contributed by atoms with E-state index < -0.39 is 0 Å². The van der Waals surface area contributed by atoms with Gasteiger partial charge in [0.05, 0.1) is 24.3 Å². The molecule has 2 aromatic heterocycles. The van der Waals surface area contributed by atoms with Crippen molar-refractivity contribution in [2.75, 3.05) is 20.2 Å². The van der Waals surface area contributed by atoms with Gasteiger partial charge >= 0.3 is 0 Å². The van der Waals surface area contributed by atoms with Gasteiger partial charge in [0.1, 0.15) is 12.3 Å². The van der Waals surface area contributed by atoms with Crippen LogP contribution in [0.1, 0.15) is 18.4 Å². The van der Waals surface area contributed by atoms with Crippen molar-refractivity contribution in [1.29, 1.82) is 0 Å². The largest absolute Gasteiger partial charge is 0.497 e. The summed E-state index contributed by atoms with van der Waals surface area (Å²) in [5, 5.41) is 0.848. The Bertz CT molecular complexity index is 933. The molecule has 6 nitrogen and oxygen atoms in total. The highest BCUT2D eigenvalue weighted by Crippen LogP contribution is 2.27. The van der Waals surface area contributed by atoms with Gasteiger partial charge in [0.2, 0.25) is 5.91 Å². The van der Waals surface area contributed by atoms with Gasteiger partial charge in [0.25, 0.3) is 0 Å². The van der Waals surface area contributed by atoms with Crippen LogP contribution < -0.4 is 4.74 Å². The third-order valence-corrected chi connectivity index (χ3v) is 5.84. The molecule has 0 radical (unpaired) electrons. The van der Waals surface area contributed by atoms with Crippen LogP contribution >= 0.6 is 11.8 Å². The molecule has 7 heteroatoms. The molecule has 0 N–H and O–H groups in total. The normalized spacial score (nSPS) is 14.0. The number of fused-ring (bicyclic) bond motifs is 1. The lowest BCUT2D eigenvalue weighted by Crippen LogP contribution is -2.31. The fourth-order valence-electron chi connectivity index (χ4n) is 3.28. The Morgan fingerprint density at radius 3 is 2.70 bits per heavy atom. The number of thioether (sulfide) groups is 1. The fourth-order valence-corrected chi connectivity index (χ4v) is 4.25. The van der Waals surface area contributed by atoms with Crippen LogP contribution in [0.25, 0.3) is 11.0 Å². The summed E-state index contributed by atoms with van der Waals surface area (Å²) >= 11 is 1.64. The maximum Gasteiger partial charge on any atom is 0.242 e. The molecule has 0 saturated carbocycles. The van der Waals surface area contributed by atoms with Crippen molar-refractivity contribution in [3.63, 3.8) is 0 Å². The van der Waals surface area contributed by atoms with E-state index in [2.05, 4.69) is 17.1 Å². The third kappa shape index (κ3) is 3.93. The van der Waals surface area contributed by atoms with Crippen LogP contribution in [0.2, 0.25) is 0 Å². The number of nitrogens with zero attached hydrogens (tertiary/aromatic N) is 4. The molecule has 0 unspecified atom stereocenters. The first-order chi connectivity index (χ1) is 13.2. The molecule has 27 heavy (non-hydrogen) atoms. The van der Waals surface area contributed by atoms with Gasteiger partial charge in [-0.2, -0.15) is 0 Å². The van der Waals surface area contributed by atoms with E-state index in [1.54, 1.807) is 31.3 Å². The molecule has 1 aliphatic rings. The first-order valence-corrected chi connectivity index (χ1v) is 10.1. The van der Waals surface area contributed by atoms with Gasteiger partial charge in [-0.15, -0.1) is 0 Å². The molecule has 1 fully saturated rings. The number of methoxy groups -OCH3 is 1. The number of hydrogen-bond donors (Lipinski definition) is 0. The number of imidazole rings is 1. The zero-order valence-corrected chi connectivity index (χ0v) is 16.1. The van der Waals surface area contributed by atoms with Gasteiger partial charge in [-0.05, 0) is 36.6 Å². The lowest BCUT2D eigenvalue weighted by Gasteiger charge is -2.16. The van der Waals surface area contributed by atoms with Crippen LogP contribution in [0.5, 0.6) is 5.75 Å². The van der Waals surface area contributed by atoms with E-state index in [9.17, 15) is 4.79 Å². The number of rotatable bonds is 6. The van der Waals surface area contributed by atoms with E-state index in [1.165, 1.54) is 5.56 Å². The average Bonchev–Trinajstić information content (AvgIpc) is 3.35. The first kappa shape index (κ1) is 17.9. The van der Waals surface area contributed by atoms with Gasteiger partial charge in [-0.25, -0.2) is 4.98 Å². The molecule has 0 spiro atoms. The Balaban J connectivity index is 1.56. The van der Waals surface area contributed by atoms with E-state index in [1.807, 2.05) is 27.7 Å². The number of benzene rings is 1. The van der Waals surface area contributed by atoms with E-state index in [-0.39, 0.29) is 5.91 Å². The number of pyridine rings is 1. The van der Waals surface area contributed by atoms with Gasteiger partial charge in [-0.3, -0.25) is 9.78 Å². The predicted molar refractivity (Wildman–Crippen MR) is 106 cm³/mol. The molecule has 0 bridgehead atoms. The molecule has 140 valence electrons. The van der Waals surface area contributed by atoms with Gasteiger partial charge in [0.15, 0.2) is 5.16 Å². The van der Waals surface area contributed by atoms with Crippen LogP contribution in [0.4, 0.5) is 0 Å². The molecule has 1 amide bonds. The van der Waals surface area contributed by atoms with Crippen LogP contribution in [0.3, 0.4) is 0 Å². The summed E-state index contributed by atoms with van der Waals surface area (Å²) in [6, 6.07) is 9.91. The predicted octanol–water partition coefficient (Wildman–Crippen LogP) is 3.35. The average molecular weight is 382 g/mol. The van der Waals surface area contributed by atoms with Crippen molar-refractivity contribution in [3.05, 3.63) is 48.3 Å². The number of aromatic nitrogens is 3. The van der Waals surface area contributed by atoms with E-state index >= 15 is 0 Å². The van der Waals surface area contributed by atoms with Crippen molar-refractivity contribution >= 4 is 28.7 Å². The van der Waals surface area contributed by atoms with Crippen LogP contribution in [-0.2, 0) is 17.1 Å². The summed E-state index contributed by atoms with van der Waals surface area (Å²) in [5.74, 6) is 1.78. The summed E-state index contributed by atoms with van der Waals surface area (Å²) in [7, 11) is 1.66. The van der Waals surface area contributed by atoms with E-state index in [0.717, 1.165) is 53.6 Å². The van der Waals surface area contributed by atoms with Crippen molar-refractivity contribution in [1.82, 2.24) is 19.4 Å². The Labute approximate surface area is 162 Å². The van der Waals surface area contributed by atoms with Gasteiger partial charge in [0, 0.05) is 25.0 Å². The second kappa shape index (κ2) is 8.00. The molecule has 0 aliphatic carbocycles. The molecular formula is C20H22N4O2S. The summed E-state index contributed by atoms with van der Waals surface area (Å²) in [6.07, 6.45) is 5.71. The molecule has 1 aliphatic heterocycles. The molecule has 3 aromatic rings. The van der Waals surface area contributed by atoms with Crippen molar-refractivity contribution in [2.45, 2.75) is 30.3 Å². The summed E-state index contributed by atoms with van der Waals surface area (Å²) in [6.45, 7) is 2.03. The minimum Gasteiger partial charge on any atom is -0.497 e. The smallest absolute Gasteiger partial charge is 0.242 e. The lowest BCUT2D eigenvalue weighted by molar-refractivity contribution is -0.130. The van der Waals surface area contributed by atoms with Crippen molar-refractivity contribution in [2.24, 2.45) is 0 Å². The monoisotopic (exact) mass is 382 g/mol. The minimum atomic E-state index is 0.155. The molecular weight excluding hydrogens is 360 g/mol. The van der Waals surface area contributed by atoms with E-state index in [0.29, 0.717) is 6.54 Å². The highest BCUT2D eigenvalue weighted by molar-refractivity contribution is 7.98. The lowest BCUT2D eigenvalue weighted by atomic mass is 10.2. The fraction of sp³-hybridized carbons (Fsp3) is 0.350. The Hall–Kier alpha value is -2.54. The second-order valence-corrected chi connectivity index (χ2v) is 7.51. The molecule has 0 atom stereocenters. The summed E-state index contributed by atoms with van der Waals surface area (Å²) < 4.78 is 7.21. The van der Waals surface area contributed by atoms with Crippen molar-refractivity contribution in [3.8, 4) is 5.75 Å². The zero-order chi connectivity index (χ0) is 18.6. The number of likely N-dealkylation sites (tertiary alicyclic amines) is 1. The molecule has 4 rings (SSSR count). The topological polar surface area (TPSA) is 60.3 Å². The van der Waals surface area contributed by atoms with E-state index in [4.69, 9.17) is 9.72 Å². The van der Waals surface area contributed by atoms with Crippen molar-refractivity contribution < 1.29 is 9.53 Å².